The van der Waals surface area contributed by atoms with Crippen molar-refractivity contribution in [3.8, 4) is 0 Å². The number of pyridine rings is 1. The lowest BCUT2D eigenvalue weighted by Crippen LogP contribution is -2.40. The number of nitrogens with zero attached hydrogens (tertiary/aromatic N) is 6. The number of aromatic amines is 1. The van der Waals surface area contributed by atoms with E-state index in [1.165, 1.54) is 31.2 Å². The second kappa shape index (κ2) is 8.62. The molecule has 0 unspecified atom stereocenters. The highest BCUT2D eigenvalue weighted by molar-refractivity contribution is 5.97. The Balaban J connectivity index is 1.30. The molecule has 180 valence electrons. The summed E-state index contributed by atoms with van der Waals surface area (Å²) < 4.78 is 20.6. The minimum atomic E-state index is -0.611. The van der Waals surface area contributed by atoms with E-state index >= 15 is 0 Å². The van der Waals surface area contributed by atoms with Gasteiger partial charge in [-0.3, -0.25) is 14.3 Å². The molecule has 0 bridgehead atoms. The Morgan fingerprint density at radius 3 is 2.91 bits per heavy atom. The van der Waals surface area contributed by atoms with Gasteiger partial charge in [-0.2, -0.15) is 19.5 Å². The monoisotopic (exact) mass is 477 g/mol. The van der Waals surface area contributed by atoms with Crippen LogP contribution in [0.4, 0.5) is 27.8 Å². The van der Waals surface area contributed by atoms with Gasteiger partial charge in [0, 0.05) is 44.0 Å². The predicted molar refractivity (Wildman–Crippen MR) is 126 cm³/mol. The smallest absolute Gasteiger partial charge is 0.247 e. The van der Waals surface area contributed by atoms with Crippen LogP contribution in [0.3, 0.4) is 0 Å². The summed E-state index contributed by atoms with van der Waals surface area (Å²) in [7, 11) is 1.62. The molecule has 1 aliphatic heterocycles. The second-order valence-electron chi connectivity index (χ2n) is 8.81. The summed E-state index contributed by atoms with van der Waals surface area (Å²) in [5.74, 6) is 1.27. The van der Waals surface area contributed by atoms with Crippen LogP contribution in [0.5, 0.6) is 0 Å². The fraction of sp³-hybridized carbons (Fsp3) is 0.348. The molecule has 12 heteroatoms. The van der Waals surface area contributed by atoms with Crippen LogP contribution in [-0.4, -0.2) is 61.3 Å². The Morgan fingerprint density at radius 2 is 2.14 bits per heavy atom. The normalized spacial score (nSPS) is 19.9. The molecule has 2 atom stereocenters. The van der Waals surface area contributed by atoms with Gasteiger partial charge in [-0.25, -0.2) is 4.98 Å². The first-order valence-electron chi connectivity index (χ1n) is 11.5. The Bertz CT molecular complexity index is 1370. The molecule has 1 amide bonds. The fourth-order valence-electron chi connectivity index (χ4n) is 4.37. The second-order valence-corrected chi connectivity index (χ2v) is 8.81. The molecule has 6 rings (SSSR count). The Kier molecular flexibility index (Phi) is 5.29. The maximum atomic E-state index is 13.2. The number of hydrogen-bond acceptors (Lipinski definition) is 8. The van der Waals surface area contributed by atoms with Crippen LogP contribution < -0.4 is 15.5 Å². The van der Waals surface area contributed by atoms with E-state index < -0.39 is 12.0 Å². The van der Waals surface area contributed by atoms with Crippen molar-refractivity contribution in [3.05, 3.63) is 54.4 Å². The molecule has 2 fully saturated rings. The minimum Gasteiger partial charge on any atom is -0.380 e. The highest BCUT2D eigenvalue weighted by Gasteiger charge is 2.39. The van der Waals surface area contributed by atoms with Crippen LogP contribution in [0.2, 0.25) is 0 Å². The van der Waals surface area contributed by atoms with Gasteiger partial charge in [-0.15, -0.1) is 0 Å². The van der Waals surface area contributed by atoms with E-state index in [1.54, 1.807) is 7.11 Å². The molecule has 35 heavy (non-hydrogen) atoms. The number of fused-ring (bicyclic) bond motifs is 1. The maximum Gasteiger partial charge on any atom is 0.247 e. The van der Waals surface area contributed by atoms with Gasteiger partial charge in [0.1, 0.15) is 11.7 Å². The lowest BCUT2D eigenvalue weighted by atomic mass is 10.2. The van der Waals surface area contributed by atoms with E-state index in [4.69, 9.17) is 14.7 Å². The van der Waals surface area contributed by atoms with Gasteiger partial charge in [-0.1, -0.05) is 0 Å². The Hall–Kier alpha value is -4.06. The van der Waals surface area contributed by atoms with E-state index in [1.807, 2.05) is 33.7 Å². The molecule has 1 aliphatic carbocycles. The minimum absolute atomic E-state index is 0.174. The quantitative estimate of drug-likeness (QED) is 0.347. The highest BCUT2D eigenvalue weighted by atomic mass is 19.1. The zero-order chi connectivity index (χ0) is 23.9. The van der Waals surface area contributed by atoms with Crippen LogP contribution in [-0.2, 0) is 9.53 Å². The molecule has 4 aromatic rings. The summed E-state index contributed by atoms with van der Waals surface area (Å²) in [6, 6.07) is 7.84. The van der Waals surface area contributed by atoms with Crippen molar-refractivity contribution in [2.45, 2.75) is 37.3 Å². The van der Waals surface area contributed by atoms with Crippen molar-refractivity contribution < 1.29 is 13.9 Å². The first-order chi connectivity index (χ1) is 17.1. The third-order valence-corrected chi connectivity index (χ3v) is 6.38. The zero-order valence-corrected chi connectivity index (χ0v) is 19.0. The maximum absolute atomic E-state index is 13.2. The lowest BCUT2D eigenvalue weighted by Gasteiger charge is -2.24. The van der Waals surface area contributed by atoms with Gasteiger partial charge in [0.2, 0.25) is 23.8 Å². The first kappa shape index (κ1) is 21.5. The first-order valence-corrected chi connectivity index (χ1v) is 11.5. The van der Waals surface area contributed by atoms with Crippen molar-refractivity contribution in [2.24, 2.45) is 0 Å². The summed E-state index contributed by atoms with van der Waals surface area (Å²) in [4.78, 5) is 28.1. The molecule has 5 heterocycles. The summed E-state index contributed by atoms with van der Waals surface area (Å²) in [6.45, 7) is 0.445. The van der Waals surface area contributed by atoms with Crippen LogP contribution in [0.15, 0.2) is 42.7 Å². The number of hydrogen-bond donors (Lipinski definition) is 3. The number of ether oxygens (including phenoxy) is 1. The molecule has 3 N–H and O–H groups in total. The van der Waals surface area contributed by atoms with Crippen molar-refractivity contribution >= 4 is 35.0 Å². The van der Waals surface area contributed by atoms with Gasteiger partial charge in [-0.05, 0) is 37.1 Å². The number of H-pyrrole nitrogens is 1. The Morgan fingerprint density at radius 1 is 1.26 bits per heavy atom. The molecule has 0 aromatic carbocycles. The molecule has 1 saturated carbocycles. The standard InChI is InChI=1S/C23H24FN9O2/c1-35-15-9-17(21(34)26-14-6-7-18(24)25-11-14)33(12-15)23-28-20-3-2-8-32(20)22(29-23)27-19-10-16(30-31-19)13-4-5-13/h2-3,6-8,10-11,13,15,17H,4-5,9,12H2,1H3,(H,26,34)(H2,27,28,29,30,31)/t15-,17+/m1/s1. The molecule has 11 nitrogen and oxygen atoms in total. The zero-order valence-electron chi connectivity index (χ0n) is 19.0. The number of anilines is 4. The third kappa shape index (κ3) is 4.28. The number of nitrogens with one attached hydrogen (secondary N) is 3. The van der Waals surface area contributed by atoms with Crippen LogP contribution >= 0.6 is 0 Å². The van der Waals surface area contributed by atoms with Gasteiger partial charge in [0.25, 0.3) is 0 Å². The van der Waals surface area contributed by atoms with Gasteiger partial charge in [0.05, 0.1) is 18.0 Å². The third-order valence-electron chi connectivity index (χ3n) is 6.38. The van der Waals surface area contributed by atoms with Gasteiger partial charge >= 0.3 is 0 Å². The number of rotatable bonds is 7. The number of amides is 1. The van der Waals surface area contributed by atoms with Crippen LogP contribution in [0.1, 0.15) is 30.9 Å². The molecular weight excluding hydrogens is 453 g/mol. The fourth-order valence-corrected chi connectivity index (χ4v) is 4.37. The van der Waals surface area contributed by atoms with Crippen LogP contribution in [0.25, 0.3) is 5.65 Å². The lowest BCUT2D eigenvalue weighted by molar-refractivity contribution is -0.117. The van der Waals surface area contributed by atoms with Crippen molar-refractivity contribution in [2.75, 3.05) is 29.2 Å². The van der Waals surface area contributed by atoms with E-state index in [0.717, 1.165) is 5.69 Å². The summed E-state index contributed by atoms with van der Waals surface area (Å²) in [5, 5.41) is 13.5. The average Bonchev–Trinajstić information content (AvgIpc) is 3.24. The number of carbonyl (C=O) groups is 1. The van der Waals surface area contributed by atoms with Crippen molar-refractivity contribution in [1.29, 1.82) is 0 Å². The van der Waals surface area contributed by atoms with Gasteiger partial charge < -0.3 is 20.3 Å². The topological polar surface area (TPSA) is 125 Å². The highest BCUT2D eigenvalue weighted by Crippen LogP contribution is 2.39. The van der Waals surface area contributed by atoms with Crippen molar-refractivity contribution in [3.63, 3.8) is 0 Å². The number of aromatic nitrogens is 6. The average molecular weight is 478 g/mol. The molecular formula is C23H24FN9O2. The molecule has 1 saturated heterocycles. The summed E-state index contributed by atoms with van der Waals surface area (Å²) in [5.41, 5.74) is 2.20. The van der Waals surface area contributed by atoms with E-state index in [-0.39, 0.29) is 12.0 Å². The van der Waals surface area contributed by atoms with E-state index in [0.29, 0.717) is 47.9 Å². The number of carbonyl (C=O) groups excluding carboxylic acids is 1. The molecule has 0 radical (unpaired) electrons. The molecule has 0 spiro atoms. The predicted octanol–water partition coefficient (Wildman–Crippen LogP) is 2.84. The summed E-state index contributed by atoms with van der Waals surface area (Å²) in [6.07, 6.45) is 5.78. The van der Waals surface area contributed by atoms with E-state index in [9.17, 15) is 9.18 Å². The summed E-state index contributed by atoms with van der Waals surface area (Å²) >= 11 is 0. The number of methoxy groups -OCH3 is 1. The van der Waals surface area contributed by atoms with E-state index in [2.05, 4.69) is 25.8 Å². The molecule has 2 aliphatic rings. The van der Waals surface area contributed by atoms with Gasteiger partial charge in [0.15, 0.2) is 5.82 Å². The van der Waals surface area contributed by atoms with Crippen LogP contribution in [0, 0.1) is 5.95 Å². The largest absolute Gasteiger partial charge is 0.380 e. The Labute approximate surface area is 199 Å². The SMILES string of the molecule is CO[C@@H]1C[C@@H](C(=O)Nc2ccc(F)nc2)N(c2nc(Nc3cc(C4CC4)[nH]n3)n3cccc3n2)C1. The molecule has 4 aromatic heterocycles. The number of halogens is 1. The van der Waals surface area contributed by atoms with Crippen molar-refractivity contribution in [1.82, 2.24) is 29.5 Å².